The van der Waals surface area contributed by atoms with Crippen LogP contribution in [0, 0.1) is 13.8 Å². The molecule has 0 spiro atoms. The minimum atomic E-state index is 0.360. The maximum Gasteiger partial charge on any atom is 0.230 e. The quantitative estimate of drug-likeness (QED) is 0.789. The molecule has 1 atom stereocenters. The van der Waals surface area contributed by atoms with Crippen molar-refractivity contribution < 1.29 is 4.52 Å². The lowest BCUT2D eigenvalue weighted by molar-refractivity contribution is 0.400. The van der Waals surface area contributed by atoms with Crippen LogP contribution >= 0.6 is 0 Å². The minimum Gasteiger partial charge on any atom is -0.360 e. The van der Waals surface area contributed by atoms with E-state index in [0.29, 0.717) is 17.8 Å². The van der Waals surface area contributed by atoms with Crippen molar-refractivity contribution in [3.8, 4) is 0 Å². The summed E-state index contributed by atoms with van der Waals surface area (Å²) >= 11 is 0. The zero-order chi connectivity index (χ0) is 16.7. The van der Waals surface area contributed by atoms with Crippen molar-refractivity contribution in [2.24, 2.45) is 0 Å². The highest BCUT2D eigenvalue weighted by Crippen LogP contribution is 2.37. The Morgan fingerprint density at radius 1 is 1.17 bits per heavy atom. The summed E-state index contributed by atoms with van der Waals surface area (Å²) in [6, 6.07) is 12.7. The van der Waals surface area contributed by atoms with Gasteiger partial charge >= 0.3 is 0 Å². The van der Waals surface area contributed by atoms with Gasteiger partial charge in [0.05, 0.1) is 0 Å². The fourth-order valence-electron chi connectivity index (χ4n) is 3.19. The summed E-state index contributed by atoms with van der Waals surface area (Å²) in [5.74, 6) is 2.77. The summed E-state index contributed by atoms with van der Waals surface area (Å²) in [4.78, 5) is 11.4. The smallest absolute Gasteiger partial charge is 0.230 e. The van der Waals surface area contributed by atoms with Gasteiger partial charge in [-0.15, -0.1) is 0 Å². The topological polar surface area (TPSA) is 67.1 Å². The van der Waals surface area contributed by atoms with Crippen LogP contribution in [-0.4, -0.2) is 21.2 Å². The first kappa shape index (κ1) is 14.7. The number of anilines is 4. The molecule has 1 unspecified atom stereocenters. The summed E-state index contributed by atoms with van der Waals surface area (Å²) in [6.45, 7) is 6.03. The Balaban J connectivity index is 1.71. The van der Waals surface area contributed by atoms with Crippen LogP contribution in [0.15, 0.2) is 40.9 Å². The van der Waals surface area contributed by atoms with Gasteiger partial charge < -0.3 is 14.7 Å². The van der Waals surface area contributed by atoms with Crippen molar-refractivity contribution in [3.63, 3.8) is 0 Å². The molecule has 0 bridgehead atoms. The molecule has 0 aliphatic carbocycles. The number of fused-ring (bicyclic) bond motifs is 1. The zero-order valence-corrected chi connectivity index (χ0v) is 13.9. The van der Waals surface area contributed by atoms with Crippen LogP contribution < -0.4 is 10.2 Å². The van der Waals surface area contributed by atoms with E-state index in [1.54, 1.807) is 0 Å². The molecule has 0 saturated carbocycles. The summed E-state index contributed by atoms with van der Waals surface area (Å²) in [6.07, 6.45) is 1.02. The van der Waals surface area contributed by atoms with Crippen LogP contribution in [0.5, 0.6) is 0 Å². The van der Waals surface area contributed by atoms with Crippen molar-refractivity contribution in [3.05, 3.63) is 53.4 Å². The molecule has 6 heteroatoms. The van der Waals surface area contributed by atoms with Crippen LogP contribution in [0.25, 0.3) is 0 Å². The minimum absolute atomic E-state index is 0.360. The Hall–Kier alpha value is -2.89. The Morgan fingerprint density at radius 3 is 2.79 bits per heavy atom. The summed E-state index contributed by atoms with van der Waals surface area (Å²) in [5.41, 5.74) is 3.47. The molecule has 1 aliphatic rings. The van der Waals surface area contributed by atoms with Crippen molar-refractivity contribution in [2.75, 3.05) is 10.2 Å². The van der Waals surface area contributed by atoms with Gasteiger partial charge in [-0.1, -0.05) is 23.4 Å². The van der Waals surface area contributed by atoms with Gasteiger partial charge in [-0.2, -0.15) is 4.98 Å². The number of para-hydroxylation sites is 1. The first-order valence-corrected chi connectivity index (χ1v) is 8.03. The second-order valence-electron chi connectivity index (χ2n) is 6.19. The second-order valence-corrected chi connectivity index (χ2v) is 6.19. The molecule has 1 aromatic carbocycles. The van der Waals surface area contributed by atoms with E-state index in [0.717, 1.165) is 23.7 Å². The highest BCUT2D eigenvalue weighted by molar-refractivity contribution is 5.69. The lowest BCUT2D eigenvalue weighted by Gasteiger charge is -2.24. The first-order valence-electron chi connectivity index (χ1n) is 8.03. The molecule has 24 heavy (non-hydrogen) atoms. The average Bonchev–Trinajstić information content (AvgIpc) is 3.08. The van der Waals surface area contributed by atoms with E-state index in [4.69, 9.17) is 9.51 Å². The summed E-state index contributed by atoms with van der Waals surface area (Å²) < 4.78 is 5.08. The van der Waals surface area contributed by atoms with E-state index in [9.17, 15) is 0 Å². The third-order valence-corrected chi connectivity index (χ3v) is 4.16. The molecule has 1 aliphatic heterocycles. The van der Waals surface area contributed by atoms with Gasteiger partial charge in [0.1, 0.15) is 11.6 Å². The maximum atomic E-state index is 5.08. The number of benzene rings is 1. The number of nitrogens with zero attached hydrogens (tertiary/aromatic N) is 4. The van der Waals surface area contributed by atoms with Crippen LogP contribution in [-0.2, 0) is 6.42 Å². The largest absolute Gasteiger partial charge is 0.360 e. The summed E-state index contributed by atoms with van der Waals surface area (Å²) in [7, 11) is 0. The fraction of sp³-hybridized carbons (Fsp3) is 0.278. The lowest BCUT2D eigenvalue weighted by atomic mass is 10.1. The molecule has 6 nitrogen and oxygen atoms in total. The van der Waals surface area contributed by atoms with Gasteiger partial charge in [-0.25, -0.2) is 4.98 Å². The second kappa shape index (κ2) is 5.63. The predicted octanol–water partition coefficient (Wildman–Crippen LogP) is 3.91. The van der Waals surface area contributed by atoms with Gasteiger partial charge in [0.25, 0.3) is 0 Å². The number of aromatic nitrogens is 3. The molecule has 0 amide bonds. The van der Waals surface area contributed by atoms with Crippen molar-refractivity contribution >= 4 is 23.3 Å². The molecule has 0 fully saturated rings. The summed E-state index contributed by atoms with van der Waals surface area (Å²) in [5, 5.41) is 7.05. The SMILES string of the molecule is Cc1cc(N2c3ccccc3CC2C)nc(Nc2cc(C)on2)n1. The molecule has 1 N–H and O–H groups in total. The molecule has 3 aromatic rings. The molecule has 0 radical (unpaired) electrons. The highest BCUT2D eigenvalue weighted by atomic mass is 16.5. The van der Waals surface area contributed by atoms with Crippen molar-refractivity contribution in [2.45, 2.75) is 33.2 Å². The van der Waals surface area contributed by atoms with E-state index in [2.05, 4.69) is 51.5 Å². The predicted molar refractivity (Wildman–Crippen MR) is 93.0 cm³/mol. The normalized spacial score (nSPS) is 16.3. The van der Waals surface area contributed by atoms with Crippen molar-refractivity contribution in [1.82, 2.24) is 15.1 Å². The highest BCUT2D eigenvalue weighted by Gasteiger charge is 2.28. The first-order chi connectivity index (χ1) is 11.6. The molecule has 122 valence electrons. The van der Waals surface area contributed by atoms with Gasteiger partial charge in [-0.3, -0.25) is 0 Å². The van der Waals surface area contributed by atoms with Gasteiger partial charge in [0, 0.05) is 29.6 Å². The van der Waals surface area contributed by atoms with E-state index in [1.165, 1.54) is 11.3 Å². The third kappa shape index (κ3) is 2.60. The van der Waals surface area contributed by atoms with Crippen molar-refractivity contribution in [1.29, 1.82) is 0 Å². The number of aryl methyl sites for hydroxylation is 2. The Bertz CT molecular complexity index is 889. The number of rotatable bonds is 3. The van der Waals surface area contributed by atoms with Gasteiger partial charge in [0.15, 0.2) is 5.82 Å². The van der Waals surface area contributed by atoms with Crippen LogP contribution in [0.1, 0.15) is 23.9 Å². The lowest BCUT2D eigenvalue weighted by Crippen LogP contribution is -2.25. The number of nitrogens with one attached hydrogen (secondary N) is 1. The van der Waals surface area contributed by atoms with E-state index < -0.39 is 0 Å². The molecule has 0 saturated heterocycles. The van der Waals surface area contributed by atoms with Gasteiger partial charge in [-0.05, 0) is 38.8 Å². The number of hydrogen-bond donors (Lipinski definition) is 1. The average molecular weight is 321 g/mol. The maximum absolute atomic E-state index is 5.08. The Labute approximate surface area is 140 Å². The van der Waals surface area contributed by atoms with Gasteiger partial charge in [0.2, 0.25) is 5.95 Å². The zero-order valence-electron chi connectivity index (χ0n) is 13.9. The van der Waals surface area contributed by atoms with E-state index >= 15 is 0 Å². The van der Waals surface area contributed by atoms with Crippen LogP contribution in [0.3, 0.4) is 0 Å². The molecular formula is C18H19N5O. The van der Waals surface area contributed by atoms with E-state index in [1.807, 2.05) is 26.0 Å². The molecular weight excluding hydrogens is 302 g/mol. The Kier molecular flexibility index (Phi) is 3.45. The van der Waals surface area contributed by atoms with Crippen LogP contribution in [0.4, 0.5) is 23.3 Å². The van der Waals surface area contributed by atoms with E-state index in [-0.39, 0.29) is 0 Å². The molecule has 4 rings (SSSR count). The standard InChI is InChI=1S/C18H19N5O/c1-11-8-17(21-18(19-11)20-16-10-13(3)24-22-16)23-12(2)9-14-6-4-5-7-15(14)23/h4-8,10,12H,9H2,1-3H3,(H,19,20,21,22). The third-order valence-electron chi connectivity index (χ3n) is 4.16. The van der Waals surface area contributed by atoms with Crippen LogP contribution in [0.2, 0.25) is 0 Å². The molecule has 3 heterocycles. The molecule has 2 aromatic heterocycles. The number of hydrogen-bond acceptors (Lipinski definition) is 6. The Morgan fingerprint density at radius 2 is 2.00 bits per heavy atom. The monoisotopic (exact) mass is 321 g/mol. The fourth-order valence-corrected chi connectivity index (χ4v) is 3.19.